The Morgan fingerprint density at radius 3 is 2.61 bits per heavy atom. The van der Waals surface area contributed by atoms with Crippen molar-refractivity contribution < 1.29 is 4.90 Å². The zero-order valence-corrected chi connectivity index (χ0v) is 13.9. The minimum atomic E-state index is 0.790. The number of fused-ring (bicyclic) bond motifs is 1. The predicted octanol–water partition coefficient (Wildman–Crippen LogP) is 2.48. The molecule has 1 aliphatic rings. The third-order valence-electron chi connectivity index (χ3n) is 4.51. The number of anilines is 1. The number of rotatable bonds is 5. The molecule has 1 aliphatic heterocycles. The van der Waals surface area contributed by atoms with Gasteiger partial charge in [-0.15, -0.1) is 11.3 Å². The van der Waals surface area contributed by atoms with Crippen LogP contribution in [0.3, 0.4) is 0 Å². The van der Waals surface area contributed by atoms with Crippen molar-refractivity contribution in [2.75, 3.05) is 18.4 Å². The van der Waals surface area contributed by atoms with Crippen molar-refractivity contribution in [1.29, 1.82) is 0 Å². The summed E-state index contributed by atoms with van der Waals surface area (Å²) in [5.41, 5.74) is 2.72. The van der Waals surface area contributed by atoms with Crippen LogP contribution >= 0.6 is 11.3 Å². The number of thiophene rings is 1. The Morgan fingerprint density at radius 2 is 1.78 bits per heavy atom. The predicted molar refractivity (Wildman–Crippen MR) is 94.8 cm³/mol. The Kier molecular flexibility index (Phi) is 4.22. The molecular formula is C18H21N4S+. The molecule has 0 bridgehead atoms. The van der Waals surface area contributed by atoms with Crippen LogP contribution in [0.1, 0.15) is 24.0 Å². The van der Waals surface area contributed by atoms with Gasteiger partial charge >= 0.3 is 0 Å². The van der Waals surface area contributed by atoms with Crippen molar-refractivity contribution in [2.45, 2.75) is 25.9 Å². The van der Waals surface area contributed by atoms with Crippen LogP contribution in [0.25, 0.3) is 10.2 Å². The molecular weight excluding hydrogens is 304 g/mol. The Labute approximate surface area is 140 Å². The van der Waals surface area contributed by atoms with E-state index < -0.39 is 0 Å². The van der Waals surface area contributed by atoms with Gasteiger partial charge in [-0.25, -0.2) is 9.97 Å². The highest BCUT2D eigenvalue weighted by molar-refractivity contribution is 7.16. The molecule has 0 amide bonds. The summed E-state index contributed by atoms with van der Waals surface area (Å²) in [6.07, 6.45) is 4.39. The van der Waals surface area contributed by atoms with Gasteiger partial charge in [0.1, 0.15) is 23.5 Å². The van der Waals surface area contributed by atoms with Crippen molar-refractivity contribution in [1.82, 2.24) is 9.97 Å². The summed E-state index contributed by atoms with van der Waals surface area (Å²) < 4.78 is 0. The van der Waals surface area contributed by atoms with Crippen LogP contribution in [-0.4, -0.2) is 23.1 Å². The molecule has 5 heteroatoms. The lowest BCUT2D eigenvalue weighted by molar-refractivity contribution is -0.901. The second kappa shape index (κ2) is 6.64. The molecule has 0 atom stereocenters. The van der Waals surface area contributed by atoms with Crippen LogP contribution in [0.2, 0.25) is 0 Å². The van der Waals surface area contributed by atoms with Crippen LogP contribution in [0.15, 0.2) is 42.0 Å². The SMILES string of the molecule is c1nc(NCc2ccc(C[NH+]3CCCC3)cc2)c2ccsc2n1. The van der Waals surface area contributed by atoms with Crippen molar-refractivity contribution in [3.05, 3.63) is 53.2 Å². The number of likely N-dealkylation sites (tertiary alicyclic amines) is 1. The number of nitrogens with zero attached hydrogens (tertiary/aromatic N) is 2. The normalized spacial score (nSPS) is 15.3. The lowest BCUT2D eigenvalue weighted by Gasteiger charge is -2.12. The van der Waals surface area contributed by atoms with E-state index in [1.807, 2.05) is 0 Å². The molecule has 23 heavy (non-hydrogen) atoms. The van der Waals surface area contributed by atoms with Gasteiger partial charge in [-0.1, -0.05) is 24.3 Å². The van der Waals surface area contributed by atoms with Crippen LogP contribution in [-0.2, 0) is 13.1 Å². The second-order valence-corrected chi connectivity index (χ2v) is 7.06. The molecule has 0 radical (unpaired) electrons. The topological polar surface area (TPSA) is 42.2 Å². The highest BCUT2D eigenvalue weighted by atomic mass is 32.1. The maximum atomic E-state index is 4.36. The second-order valence-electron chi connectivity index (χ2n) is 6.17. The van der Waals surface area contributed by atoms with E-state index in [2.05, 4.69) is 51.0 Å². The van der Waals surface area contributed by atoms with Gasteiger partial charge < -0.3 is 10.2 Å². The molecule has 3 heterocycles. The zero-order valence-electron chi connectivity index (χ0n) is 13.1. The van der Waals surface area contributed by atoms with E-state index in [1.54, 1.807) is 22.6 Å². The number of quaternary nitrogens is 1. The molecule has 2 aromatic heterocycles. The van der Waals surface area contributed by atoms with Gasteiger partial charge in [0, 0.05) is 24.9 Å². The lowest BCUT2D eigenvalue weighted by atomic mass is 10.1. The Hall–Kier alpha value is -1.98. The quantitative estimate of drug-likeness (QED) is 0.757. The Balaban J connectivity index is 1.40. The Morgan fingerprint density at radius 1 is 1.00 bits per heavy atom. The van der Waals surface area contributed by atoms with Gasteiger partial charge in [0.25, 0.3) is 0 Å². The number of hydrogen-bond donors (Lipinski definition) is 2. The highest BCUT2D eigenvalue weighted by Crippen LogP contribution is 2.24. The summed E-state index contributed by atoms with van der Waals surface area (Å²) in [7, 11) is 0. The fourth-order valence-corrected chi connectivity index (χ4v) is 3.96. The van der Waals surface area contributed by atoms with E-state index >= 15 is 0 Å². The van der Waals surface area contributed by atoms with Gasteiger partial charge in [0.2, 0.25) is 0 Å². The van der Waals surface area contributed by atoms with Crippen LogP contribution in [0.4, 0.5) is 5.82 Å². The minimum Gasteiger partial charge on any atom is -0.365 e. The largest absolute Gasteiger partial charge is 0.365 e. The van der Waals surface area contributed by atoms with Crippen molar-refractivity contribution in [3.63, 3.8) is 0 Å². The number of aromatic nitrogens is 2. The van der Waals surface area contributed by atoms with E-state index in [-0.39, 0.29) is 0 Å². The monoisotopic (exact) mass is 325 g/mol. The smallest absolute Gasteiger partial charge is 0.138 e. The summed E-state index contributed by atoms with van der Waals surface area (Å²) in [5, 5.41) is 6.59. The van der Waals surface area contributed by atoms with Crippen LogP contribution in [0.5, 0.6) is 0 Å². The molecule has 1 saturated heterocycles. The maximum absolute atomic E-state index is 4.36. The minimum absolute atomic E-state index is 0.790. The molecule has 0 aliphatic carbocycles. The van der Waals surface area contributed by atoms with Crippen molar-refractivity contribution in [2.24, 2.45) is 0 Å². The van der Waals surface area contributed by atoms with Gasteiger partial charge in [-0.2, -0.15) is 0 Å². The third-order valence-corrected chi connectivity index (χ3v) is 5.33. The van der Waals surface area contributed by atoms with E-state index in [0.717, 1.165) is 29.1 Å². The average molecular weight is 325 g/mol. The molecule has 4 nitrogen and oxygen atoms in total. The third kappa shape index (κ3) is 3.35. The van der Waals surface area contributed by atoms with Crippen LogP contribution < -0.4 is 10.2 Å². The fraction of sp³-hybridized carbons (Fsp3) is 0.333. The summed E-state index contributed by atoms with van der Waals surface area (Å²) in [4.78, 5) is 11.4. The molecule has 1 fully saturated rings. The Bertz CT molecular complexity index is 775. The molecule has 3 aromatic rings. The first-order chi connectivity index (χ1) is 11.4. The summed E-state index contributed by atoms with van der Waals surface area (Å²) in [6.45, 7) is 4.61. The molecule has 0 unspecified atom stereocenters. The summed E-state index contributed by atoms with van der Waals surface area (Å²) in [6, 6.07) is 11.1. The van der Waals surface area contributed by atoms with Crippen molar-refractivity contribution in [3.8, 4) is 0 Å². The molecule has 2 N–H and O–H groups in total. The van der Waals surface area contributed by atoms with E-state index in [9.17, 15) is 0 Å². The average Bonchev–Trinajstić information content (AvgIpc) is 3.25. The van der Waals surface area contributed by atoms with Gasteiger partial charge in [0.05, 0.1) is 18.5 Å². The number of nitrogens with one attached hydrogen (secondary N) is 2. The van der Waals surface area contributed by atoms with Gasteiger partial charge in [-0.3, -0.25) is 0 Å². The standard InChI is InChI=1S/C18H20N4S/c1-2-9-22(8-1)12-15-5-3-14(4-6-15)11-19-17-16-7-10-23-18(16)21-13-20-17/h3-7,10,13H,1-2,8-9,11-12H2,(H,19,20,21)/p+1. The van der Waals surface area contributed by atoms with Gasteiger partial charge in [0.15, 0.2) is 0 Å². The molecule has 0 saturated carbocycles. The molecule has 4 rings (SSSR count). The molecule has 1 aromatic carbocycles. The van der Waals surface area contributed by atoms with Crippen LogP contribution in [0, 0.1) is 0 Å². The van der Waals surface area contributed by atoms with Gasteiger partial charge in [-0.05, 0) is 17.0 Å². The van der Waals surface area contributed by atoms with E-state index in [4.69, 9.17) is 0 Å². The van der Waals surface area contributed by atoms with E-state index in [1.165, 1.54) is 37.1 Å². The van der Waals surface area contributed by atoms with Crippen molar-refractivity contribution >= 4 is 27.4 Å². The molecule has 118 valence electrons. The maximum Gasteiger partial charge on any atom is 0.138 e. The first-order valence-corrected chi connectivity index (χ1v) is 9.10. The molecule has 0 spiro atoms. The van der Waals surface area contributed by atoms with E-state index in [0.29, 0.717) is 0 Å². The summed E-state index contributed by atoms with van der Waals surface area (Å²) in [5.74, 6) is 0.918. The number of hydrogen-bond acceptors (Lipinski definition) is 4. The lowest BCUT2D eigenvalue weighted by Crippen LogP contribution is -3.08. The summed E-state index contributed by atoms with van der Waals surface area (Å²) >= 11 is 1.65. The highest BCUT2D eigenvalue weighted by Gasteiger charge is 2.15. The zero-order chi connectivity index (χ0) is 15.5. The first kappa shape index (κ1) is 14.6. The number of benzene rings is 1. The first-order valence-electron chi connectivity index (χ1n) is 8.22. The fourth-order valence-electron chi connectivity index (χ4n) is 3.23.